The summed E-state index contributed by atoms with van der Waals surface area (Å²) in [5.41, 5.74) is 0.288. The highest BCUT2D eigenvalue weighted by Gasteiger charge is 2.19. The molecule has 0 aromatic heterocycles. The van der Waals surface area contributed by atoms with Crippen molar-refractivity contribution >= 4 is 23.0 Å². The van der Waals surface area contributed by atoms with Gasteiger partial charge in [0.1, 0.15) is 18.1 Å². The minimum absolute atomic E-state index is 0.149. The van der Waals surface area contributed by atoms with E-state index in [1.54, 1.807) is 24.3 Å². The Balaban J connectivity index is 2.00. The van der Waals surface area contributed by atoms with Gasteiger partial charge in [0.2, 0.25) is 0 Å². The van der Waals surface area contributed by atoms with E-state index in [1.165, 1.54) is 30.3 Å². The molecule has 2 aromatic carbocycles. The molecule has 0 radical (unpaired) electrons. The lowest BCUT2D eigenvalue weighted by Gasteiger charge is -2.08. The summed E-state index contributed by atoms with van der Waals surface area (Å²) in [7, 11) is 0. The van der Waals surface area contributed by atoms with Gasteiger partial charge in [-0.25, -0.2) is 0 Å². The SMILES string of the molecule is C=CCOc1ccccc1C(=O)CC(=O)CC(=O)c1ccc([N+](=O)[O-])cc1. The zero-order valence-electron chi connectivity index (χ0n) is 14.4. The van der Waals surface area contributed by atoms with Crippen LogP contribution in [0.2, 0.25) is 0 Å². The Labute approximate surface area is 155 Å². The van der Waals surface area contributed by atoms with Crippen LogP contribution in [-0.2, 0) is 4.79 Å². The number of benzene rings is 2. The first kappa shape index (κ1) is 19.7. The number of hydrogen-bond acceptors (Lipinski definition) is 6. The lowest BCUT2D eigenvalue weighted by atomic mass is 10.00. The quantitative estimate of drug-likeness (QED) is 0.209. The van der Waals surface area contributed by atoms with E-state index in [2.05, 4.69) is 6.58 Å². The van der Waals surface area contributed by atoms with Gasteiger partial charge in [-0.2, -0.15) is 0 Å². The van der Waals surface area contributed by atoms with E-state index in [-0.39, 0.29) is 23.4 Å². The molecular weight excluding hydrogens is 350 g/mol. The van der Waals surface area contributed by atoms with E-state index in [4.69, 9.17) is 4.74 Å². The van der Waals surface area contributed by atoms with Gasteiger partial charge in [-0.3, -0.25) is 24.5 Å². The molecule has 0 aliphatic carbocycles. The molecule has 7 nitrogen and oxygen atoms in total. The molecule has 0 aliphatic rings. The maximum atomic E-state index is 12.4. The van der Waals surface area contributed by atoms with E-state index in [1.807, 2.05) is 0 Å². The molecule has 0 spiro atoms. The molecule has 0 N–H and O–H groups in total. The first-order chi connectivity index (χ1) is 12.9. The van der Waals surface area contributed by atoms with Crippen LogP contribution in [0.3, 0.4) is 0 Å². The average Bonchev–Trinajstić information content (AvgIpc) is 2.66. The summed E-state index contributed by atoms with van der Waals surface area (Å²) in [6.07, 6.45) is 0.641. The van der Waals surface area contributed by atoms with Gasteiger partial charge < -0.3 is 4.74 Å². The van der Waals surface area contributed by atoms with Crippen LogP contribution in [0.1, 0.15) is 33.6 Å². The van der Waals surface area contributed by atoms with Crippen LogP contribution < -0.4 is 4.74 Å². The standard InChI is InChI=1S/C20H17NO6/c1-2-11-27-20-6-4-3-5-17(20)19(24)13-16(22)12-18(23)14-7-9-15(10-8-14)21(25)26/h2-10H,1,11-13H2. The zero-order chi connectivity index (χ0) is 19.8. The fourth-order valence-electron chi connectivity index (χ4n) is 2.36. The molecule has 0 amide bonds. The maximum Gasteiger partial charge on any atom is 0.269 e. The van der Waals surface area contributed by atoms with Crippen LogP contribution in [0.15, 0.2) is 61.2 Å². The Hall–Kier alpha value is -3.61. The molecule has 0 atom stereocenters. The van der Waals surface area contributed by atoms with Gasteiger partial charge in [-0.1, -0.05) is 24.8 Å². The third-order valence-corrected chi connectivity index (χ3v) is 3.66. The van der Waals surface area contributed by atoms with Gasteiger partial charge in [0.25, 0.3) is 5.69 Å². The van der Waals surface area contributed by atoms with Crippen LogP contribution in [-0.4, -0.2) is 28.9 Å². The summed E-state index contributed by atoms with van der Waals surface area (Å²) >= 11 is 0. The molecule has 0 saturated carbocycles. The van der Waals surface area contributed by atoms with E-state index in [9.17, 15) is 24.5 Å². The Morgan fingerprint density at radius 1 is 1.00 bits per heavy atom. The lowest BCUT2D eigenvalue weighted by Crippen LogP contribution is -2.14. The van der Waals surface area contributed by atoms with Crippen LogP contribution >= 0.6 is 0 Å². The number of Topliss-reactive ketones (excluding diaryl/α,β-unsaturated/α-hetero) is 3. The molecule has 0 heterocycles. The van der Waals surface area contributed by atoms with Crippen molar-refractivity contribution in [2.75, 3.05) is 6.61 Å². The van der Waals surface area contributed by atoms with Gasteiger partial charge in [0.05, 0.1) is 23.3 Å². The minimum atomic E-state index is -0.579. The summed E-state index contributed by atoms with van der Waals surface area (Å²) in [5.74, 6) is -1.14. The average molecular weight is 367 g/mol. The monoisotopic (exact) mass is 367 g/mol. The second-order valence-electron chi connectivity index (χ2n) is 5.64. The predicted molar refractivity (Wildman–Crippen MR) is 98.1 cm³/mol. The molecule has 2 aromatic rings. The zero-order valence-corrected chi connectivity index (χ0v) is 14.4. The summed E-state index contributed by atoms with van der Waals surface area (Å²) < 4.78 is 5.40. The lowest BCUT2D eigenvalue weighted by molar-refractivity contribution is -0.384. The van der Waals surface area contributed by atoms with Crippen molar-refractivity contribution < 1.29 is 24.0 Å². The van der Waals surface area contributed by atoms with Crippen molar-refractivity contribution in [1.82, 2.24) is 0 Å². The minimum Gasteiger partial charge on any atom is -0.489 e. The number of rotatable bonds is 10. The molecule has 27 heavy (non-hydrogen) atoms. The molecule has 0 unspecified atom stereocenters. The molecule has 2 rings (SSSR count). The molecule has 0 fully saturated rings. The van der Waals surface area contributed by atoms with Crippen molar-refractivity contribution in [2.45, 2.75) is 12.8 Å². The van der Waals surface area contributed by atoms with Gasteiger partial charge in [-0.15, -0.1) is 0 Å². The van der Waals surface area contributed by atoms with Crippen LogP contribution in [0.4, 0.5) is 5.69 Å². The number of nitrogens with zero attached hydrogens (tertiary/aromatic N) is 1. The number of non-ortho nitro benzene ring substituents is 1. The maximum absolute atomic E-state index is 12.4. The second kappa shape index (κ2) is 9.19. The highest BCUT2D eigenvalue weighted by Crippen LogP contribution is 2.20. The van der Waals surface area contributed by atoms with E-state index in [0.717, 1.165) is 0 Å². The summed E-state index contributed by atoms with van der Waals surface area (Å²) in [6.45, 7) is 3.76. The normalized spacial score (nSPS) is 10.1. The molecule has 0 saturated heterocycles. The number of ether oxygens (including phenoxy) is 1. The van der Waals surface area contributed by atoms with Gasteiger partial charge >= 0.3 is 0 Å². The molecule has 138 valence electrons. The fourth-order valence-corrected chi connectivity index (χ4v) is 2.36. The smallest absolute Gasteiger partial charge is 0.269 e. The van der Waals surface area contributed by atoms with Crippen LogP contribution in [0, 0.1) is 10.1 Å². The van der Waals surface area contributed by atoms with Crippen LogP contribution in [0.5, 0.6) is 5.75 Å². The van der Waals surface area contributed by atoms with Gasteiger partial charge in [-0.05, 0) is 24.3 Å². The number of hydrogen-bond donors (Lipinski definition) is 0. The molecular formula is C20H17NO6. The van der Waals surface area contributed by atoms with Crippen molar-refractivity contribution in [1.29, 1.82) is 0 Å². The Kier molecular flexibility index (Phi) is 6.71. The number of ketones is 3. The summed E-state index contributed by atoms with van der Waals surface area (Å²) in [6, 6.07) is 11.5. The van der Waals surface area contributed by atoms with Gasteiger partial charge in [0, 0.05) is 17.7 Å². The largest absolute Gasteiger partial charge is 0.489 e. The van der Waals surface area contributed by atoms with Gasteiger partial charge in [0.15, 0.2) is 11.6 Å². The summed E-state index contributed by atoms with van der Waals surface area (Å²) in [5, 5.41) is 10.6. The van der Waals surface area contributed by atoms with Crippen molar-refractivity contribution in [3.05, 3.63) is 82.4 Å². The fraction of sp³-hybridized carbons (Fsp3) is 0.150. The molecule has 0 aliphatic heterocycles. The topological polar surface area (TPSA) is 104 Å². The predicted octanol–water partition coefficient (Wildman–Crippen LogP) is 3.57. The second-order valence-corrected chi connectivity index (χ2v) is 5.64. The Morgan fingerprint density at radius 2 is 1.63 bits per heavy atom. The van der Waals surface area contributed by atoms with Crippen molar-refractivity contribution in [3.8, 4) is 5.75 Å². The highest BCUT2D eigenvalue weighted by atomic mass is 16.6. The first-order valence-corrected chi connectivity index (χ1v) is 8.07. The molecule has 7 heteroatoms. The number of carbonyl (C=O) groups excluding carboxylic acids is 3. The van der Waals surface area contributed by atoms with E-state index < -0.39 is 35.1 Å². The van der Waals surface area contributed by atoms with Crippen LogP contribution in [0.25, 0.3) is 0 Å². The Morgan fingerprint density at radius 3 is 2.26 bits per heavy atom. The number of carbonyl (C=O) groups is 3. The first-order valence-electron chi connectivity index (χ1n) is 8.07. The third-order valence-electron chi connectivity index (χ3n) is 3.66. The van der Waals surface area contributed by atoms with E-state index in [0.29, 0.717) is 5.75 Å². The number of nitro benzene ring substituents is 1. The highest BCUT2D eigenvalue weighted by molar-refractivity contribution is 6.16. The van der Waals surface area contributed by atoms with Crippen molar-refractivity contribution in [2.24, 2.45) is 0 Å². The van der Waals surface area contributed by atoms with E-state index >= 15 is 0 Å². The summed E-state index contributed by atoms with van der Waals surface area (Å²) in [4.78, 5) is 46.6. The number of para-hydroxylation sites is 1. The molecule has 0 bridgehead atoms. The Bertz CT molecular complexity index is 886. The number of nitro groups is 1. The third kappa shape index (κ3) is 5.43. The van der Waals surface area contributed by atoms with Crippen molar-refractivity contribution in [3.63, 3.8) is 0 Å².